The van der Waals surface area contributed by atoms with Crippen molar-refractivity contribution in [2.24, 2.45) is 16.8 Å². The van der Waals surface area contributed by atoms with Crippen molar-refractivity contribution in [3.63, 3.8) is 0 Å². The van der Waals surface area contributed by atoms with Crippen molar-refractivity contribution in [2.45, 2.75) is 33.4 Å². The Morgan fingerprint density at radius 2 is 2.29 bits per heavy atom. The van der Waals surface area contributed by atoms with E-state index in [1.54, 1.807) is 13.4 Å². The molecule has 1 aromatic heterocycles. The standard InChI is InChI=1S/C13H26N6O2/c1-11(2)8-19-13(15-10-16-19)9-18(6-7-21-3)5-4-12(14)17-20/h10-11,20H,4-9H2,1-3H3,(H2,14,17). The second-order valence-corrected chi connectivity index (χ2v) is 5.36. The lowest BCUT2D eigenvalue weighted by molar-refractivity contribution is 0.142. The molecule has 0 saturated carbocycles. The molecule has 0 aliphatic carbocycles. The first-order valence-corrected chi connectivity index (χ1v) is 7.11. The molecule has 8 nitrogen and oxygen atoms in total. The predicted molar refractivity (Wildman–Crippen MR) is 80.0 cm³/mol. The molecule has 0 unspecified atom stereocenters. The highest BCUT2D eigenvalue weighted by molar-refractivity contribution is 5.79. The number of aromatic nitrogens is 3. The van der Waals surface area contributed by atoms with E-state index in [1.807, 2.05) is 4.68 Å². The summed E-state index contributed by atoms with van der Waals surface area (Å²) in [6.45, 7) is 7.84. The summed E-state index contributed by atoms with van der Waals surface area (Å²) < 4.78 is 7.05. The number of rotatable bonds is 10. The number of hydrogen-bond acceptors (Lipinski definition) is 6. The number of hydrogen-bond donors (Lipinski definition) is 2. The van der Waals surface area contributed by atoms with Gasteiger partial charge in [0.15, 0.2) is 0 Å². The van der Waals surface area contributed by atoms with E-state index in [9.17, 15) is 0 Å². The van der Waals surface area contributed by atoms with Gasteiger partial charge in [-0.25, -0.2) is 9.67 Å². The van der Waals surface area contributed by atoms with Crippen molar-refractivity contribution < 1.29 is 9.94 Å². The zero-order valence-electron chi connectivity index (χ0n) is 13.1. The third-order valence-electron chi connectivity index (χ3n) is 3.02. The summed E-state index contributed by atoms with van der Waals surface area (Å²) in [6, 6.07) is 0. The first-order valence-electron chi connectivity index (χ1n) is 7.11. The van der Waals surface area contributed by atoms with Crippen LogP contribution in [0.1, 0.15) is 26.1 Å². The van der Waals surface area contributed by atoms with Crippen LogP contribution in [0.2, 0.25) is 0 Å². The minimum Gasteiger partial charge on any atom is -0.409 e. The monoisotopic (exact) mass is 298 g/mol. The van der Waals surface area contributed by atoms with Gasteiger partial charge in [0.2, 0.25) is 0 Å². The van der Waals surface area contributed by atoms with Crippen LogP contribution in [0.15, 0.2) is 11.5 Å². The number of nitrogens with two attached hydrogens (primary N) is 1. The van der Waals surface area contributed by atoms with Gasteiger partial charge >= 0.3 is 0 Å². The summed E-state index contributed by atoms with van der Waals surface area (Å²) in [7, 11) is 1.67. The van der Waals surface area contributed by atoms with Crippen LogP contribution in [-0.4, -0.2) is 57.5 Å². The normalized spacial score (nSPS) is 12.5. The Morgan fingerprint density at radius 1 is 1.52 bits per heavy atom. The van der Waals surface area contributed by atoms with E-state index in [2.05, 4.69) is 34.0 Å². The first-order chi connectivity index (χ1) is 10.1. The Kier molecular flexibility index (Phi) is 7.70. The van der Waals surface area contributed by atoms with Crippen LogP contribution in [0.4, 0.5) is 0 Å². The first kappa shape index (κ1) is 17.4. The maximum atomic E-state index is 8.62. The van der Waals surface area contributed by atoms with Crippen LogP contribution in [-0.2, 0) is 17.8 Å². The van der Waals surface area contributed by atoms with Gasteiger partial charge in [0, 0.05) is 33.2 Å². The van der Waals surface area contributed by atoms with Gasteiger partial charge in [-0.15, -0.1) is 0 Å². The van der Waals surface area contributed by atoms with Crippen molar-refractivity contribution in [1.82, 2.24) is 19.7 Å². The lowest BCUT2D eigenvalue weighted by Gasteiger charge is -2.21. The van der Waals surface area contributed by atoms with Crippen molar-refractivity contribution in [2.75, 3.05) is 26.8 Å². The molecule has 0 saturated heterocycles. The van der Waals surface area contributed by atoms with E-state index in [0.29, 0.717) is 32.0 Å². The van der Waals surface area contributed by atoms with Gasteiger partial charge in [0.05, 0.1) is 13.2 Å². The zero-order chi connectivity index (χ0) is 15.7. The van der Waals surface area contributed by atoms with Gasteiger partial charge in [0.25, 0.3) is 0 Å². The molecule has 21 heavy (non-hydrogen) atoms. The molecular formula is C13H26N6O2. The third kappa shape index (κ3) is 6.54. The molecule has 0 fully saturated rings. The fourth-order valence-corrected chi connectivity index (χ4v) is 1.92. The van der Waals surface area contributed by atoms with Crippen LogP contribution >= 0.6 is 0 Å². The summed E-state index contributed by atoms with van der Waals surface area (Å²) in [5.74, 6) is 1.65. The Balaban J connectivity index is 2.64. The molecule has 0 bridgehead atoms. The zero-order valence-corrected chi connectivity index (χ0v) is 13.1. The molecular weight excluding hydrogens is 272 g/mol. The molecule has 120 valence electrons. The van der Waals surface area contributed by atoms with Crippen molar-refractivity contribution >= 4 is 5.84 Å². The van der Waals surface area contributed by atoms with Crippen LogP contribution in [0, 0.1) is 5.92 Å². The van der Waals surface area contributed by atoms with Crippen LogP contribution in [0.5, 0.6) is 0 Å². The van der Waals surface area contributed by atoms with Gasteiger partial charge < -0.3 is 15.7 Å². The molecule has 1 rings (SSSR count). The number of methoxy groups -OCH3 is 1. The molecule has 0 aromatic carbocycles. The molecule has 8 heteroatoms. The maximum Gasteiger partial charge on any atom is 0.141 e. The minimum atomic E-state index is 0.223. The van der Waals surface area contributed by atoms with Crippen LogP contribution < -0.4 is 5.73 Å². The number of oxime groups is 1. The van der Waals surface area contributed by atoms with E-state index in [0.717, 1.165) is 18.9 Å². The van der Waals surface area contributed by atoms with Crippen molar-refractivity contribution in [1.29, 1.82) is 0 Å². The summed E-state index contributed by atoms with van der Waals surface area (Å²) in [6.07, 6.45) is 2.08. The lowest BCUT2D eigenvalue weighted by atomic mass is 10.2. The topological polar surface area (TPSA) is 102 Å². The van der Waals surface area contributed by atoms with Crippen LogP contribution in [0.25, 0.3) is 0 Å². The van der Waals surface area contributed by atoms with E-state index in [4.69, 9.17) is 15.7 Å². The van der Waals surface area contributed by atoms with Crippen LogP contribution in [0.3, 0.4) is 0 Å². The highest BCUT2D eigenvalue weighted by atomic mass is 16.5. The highest BCUT2D eigenvalue weighted by Crippen LogP contribution is 2.05. The van der Waals surface area contributed by atoms with Gasteiger partial charge in [-0.05, 0) is 5.92 Å². The van der Waals surface area contributed by atoms with Gasteiger partial charge in [0.1, 0.15) is 18.0 Å². The number of nitrogens with zero attached hydrogens (tertiary/aromatic N) is 5. The van der Waals surface area contributed by atoms with E-state index >= 15 is 0 Å². The van der Waals surface area contributed by atoms with E-state index in [-0.39, 0.29) is 5.84 Å². The average Bonchev–Trinajstić information content (AvgIpc) is 2.87. The summed E-state index contributed by atoms with van der Waals surface area (Å²) >= 11 is 0. The largest absolute Gasteiger partial charge is 0.409 e. The second-order valence-electron chi connectivity index (χ2n) is 5.36. The molecule has 0 aliphatic rings. The smallest absolute Gasteiger partial charge is 0.141 e. The third-order valence-corrected chi connectivity index (χ3v) is 3.02. The van der Waals surface area contributed by atoms with E-state index < -0.39 is 0 Å². The highest BCUT2D eigenvalue weighted by Gasteiger charge is 2.12. The molecule has 0 atom stereocenters. The molecule has 1 aromatic rings. The Morgan fingerprint density at radius 3 is 2.90 bits per heavy atom. The SMILES string of the molecule is COCCN(CCC(N)=NO)Cc1ncnn1CC(C)C. The summed E-state index contributed by atoms with van der Waals surface area (Å²) in [5.41, 5.74) is 5.53. The Hall–Kier alpha value is -1.67. The number of amidine groups is 1. The molecule has 1 heterocycles. The predicted octanol–water partition coefficient (Wildman–Crippen LogP) is 0.519. The average molecular weight is 298 g/mol. The molecule has 0 aliphatic heterocycles. The quantitative estimate of drug-likeness (QED) is 0.282. The lowest BCUT2D eigenvalue weighted by Crippen LogP contribution is -2.32. The summed E-state index contributed by atoms with van der Waals surface area (Å²) in [5, 5.41) is 15.9. The van der Waals surface area contributed by atoms with Gasteiger partial charge in [-0.1, -0.05) is 19.0 Å². The van der Waals surface area contributed by atoms with Gasteiger partial charge in [-0.2, -0.15) is 5.10 Å². The van der Waals surface area contributed by atoms with E-state index in [1.165, 1.54) is 0 Å². The molecule has 3 N–H and O–H groups in total. The second kappa shape index (κ2) is 9.30. The Labute approximate surface area is 125 Å². The Bertz CT molecular complexity index is 432. The fraction of sp³-hybridized carbons (Fsp3) is 0.769. The number of ether oxygens (including phenoxy) is 1. The maximum absolute atomic E-state index is 8.62. The molecule has 0 amide bonds. The fourth-order valence-electron chi connectivity index (χ4n) is 1.92. The van der Waals surface area contributed by atoms with Crippen molar-refractivity contribution in [3.05, 3.63) is 12.2 Å². The molecule has 0 spiro atoms. The minimum absolute atomic E-state index is 0.223. The summed E-state index contributed by atoms with van der Waals surface area (Å²) in [4.78, 5) is 6.48. The van der Waals surface area contributed by atoms with Crippen molar-refractivity contribution in [3.8, 4) is 0 Å². The van der Waals surface area contributed by atoms with Gasteiger partial charge in [-0.3, -0.25) is 4.90 Å². The molecule has 0 radical (unpaired) electrons.